The van der Waals surface area contributed by atoms with E-state index in [4.69, 9.17) is 9.15 Å². The van der Waals surface area contributed by atoms with Crippen LogP contribution in [0.15, 0.2) is 52.9 Å². The summed E-state index contributed by atoms with van der Waals surface area (Å²) in [6.45, 7) is 3.11. The molecule has 5 heteroatoms. The van der Waals surface area contributed by atoms with Gasteiger partial charge in [0.05, 0.1) is 7.11 Å². The van der Waals surface area contributed by atoms with Gasteiger partial charge in [-0.05, 0) is 36.8 Å². The summed E-state index contributed by atoms with van der Waals surface area (Å²) in [6.07, 6.45) is 0. The summed E-state index contributed by atoms with van der Waals surface area (Å²) in [5.41, 5.74) is 2.82. The van der Waals surface area contributed by atoms with Crippen LogP contribution in [0, 0.1) is 0 Å². The average Bonchev–Trinajstić information content (AvgIpc) is 3.10. The highest BCUT2D eigenvalue weighted by Gasteiger charge is 2.20. The van der Waals surface area contributed by atoms with E-state index in [1.54, 1.807) is 18.1 Å². The molecule has 0 aliphatic carbocycles. The molecule has 3 rings (SSSR count). The van der Waals surface area contributed by atoms with Gasteiger partial charge in [-0.25, -0.2) is 0 Å². The van der Waals surface area contributed by atoms with Gasteiger partial charge in [0.2, 0.25) is 0 Å². The van der Waals surface area contributed by atoms with E-state index in [0.717, 1.165) is 16.6 Å². The predicted octanol–water partition coefficient (Wildman–Crippen LogP) is 4.17. The molecule has 2 aromatic carbocycles. The topological polar surface area (TPSA) is 45.9 Å². The minimum atomic E-state index is -0.123. The monoisotopic (exact) mass is 352 g/mol. The second-order valence-corrected chi connectivity index (χ2v) is 6.37. The van der Waals surface area contributed by atoms with Crippen LogP contribution in [0.2, 0.25) is 0 Å². The van der Waals surface area contributed by atoms with Crippen molar-refractivity contribution in [3.63, 3.8) is 0 Å². The second kappa shape index (κ2) is 7.52. The number of amides is 1. The Morgan fingerprint density at radius 2 is 1.85 bits per heavy atom. The first-order valence-corrected chi connectivity index (χ1v) is 8.65. The lowest BCUT2D eigenvalue weighted by Crippen LogP contribution is -2.30. The zero-order valence-corrected chi connectivity index (χ0v) is 15.7. The van der Waals surface area contributed by atoms with Crippen molar-refractivity contribution < 1.29 is 13.9 Å². The third-order valence-electron chi connectivity index (χ3n) is 4.43. The van der Waals surface area contributed by atoms with Crippen LogP contribution in [-0.4, -0.2) is 38.6 Å². The Kier molecular flexibility index (Phi) is 5.16. The number of carbonyl (C=O) groups excluding carboxylic acids is 1. The maximum absolute atomic E-state index is 12.9. The van der Waals surface area contributed by atoms with Gasteiger partial charge in [0, 0.05) is 38.3 Å². The molecule has 0 saturated carbocycles. The number of benzene rings is 2. The molecule has 0 atom stereocenters. The lowest BCUT2D eigenvalue weighted by molar-refractivity contribution is 0.0722. The molecule has 5 nitrogen and oxygen atoms in total. The Balaban J connectivity index is 1.82. The molecule has 1 aromatic heterocycles. The van der Waals surface area contributed by atoms with Gasteiger partial charge in [-0.15, -0.1) is 0 Å². The SMILES string of the molecule is CCN(Cc1ccc(N(C)C)cc1)C(=O)c1cc2cccc(OC)c2o1. The van der Waals surface area contributed by atoms with E-state index in [9.17, 15) is 4.79 Å². The number of rotatable bonds is 6. The minimum absolute atomic E-state index is 0.123. The smallest absolute Gasteiger partial charge is 0.289 e. The first-order chi connectivity index (χ1) is 12.5. The van der Waals surface area contributed by atoms with E-state index in [1.807, 2.05) is 56.3 Å². The fourth-order valence-electron chi connectivity index (χ4n) is 2.91. The lowest BCUT2D eigenvalue weighted by atomic mass is 10.1. The number of fused-ring (bicyclic) bond motifs is 1. The molecule has 0 saturated heterocycles. The molecule has 1 heterocycles. The average molecular weight is 352 g/mol. The van der Waals surface area contributed by atoms with E-state index in [1.165, 1.54) is 0 Å². The summed E-state index contributed by atoms with van der Waals surface area (Å²) in [6, 6.07) is 15.6. The molecule has 0 unspecified atom stereocenters. The molecule has 0 aliphatic rings. The number of furan rings is 1. The Morgan fingerprint density at radius 1 is 1.12 bits per heavy atom. The molecule has 0 fully saturated rings. The highest BCUT2D eigenvalue weighted by atomic mass is 16.5. The Bertz CT molecular complexity index is 897. The van der Waals surface area contributed by atoms with Gasteiger partial charge >= 0.3 is 0 Å². The molecule has 0 aliphatic heterocycles. The van der Waals surface area contributed by atoms with Gasteiger partial charge in [0.15, 0.2) is 17.1 Å². The zero-order valence-electron chi connectivity index (χ0n) is 15.7. The fourth-order valence-corrected chi connectivity index (χ4v) is 2.91. The minimum Gasteiger partial charge on any atom is -0.493 e. The van der Waals surface area contributed by atoms with Crippen molar-refractivity contribution in [2.45, 2.75) is 13.5 Å². The van der Waals surface area contributed by atoms with Gasteiger partial charge in [0.25, 0.3) is 5.91 Å². The van der Waals surface area contributed by atoms with Crippen LogP contribution in [0.1, 0.15) is 23.0 Å². The number of anilines is 1. The summed E-state index contributed by atoms with van der Waals surface area (Å²) in [7, 11) is 5.61. The molecule has 0 bridgehead atoms. The van der Waals surface area contributed by atoms with Gasteiger partial charge in [-0.1, -0.05) is 24.3 Å². The summed E-state index contributed by atoms with van der Waals surface area (Å²) in [4.78, 5) is 16.7. The third kappa shape index (κ3) is 3.52. The molecule has 136 valence electrons. The van der Waals surface area contributed by atoms with Gasteiger partial charge in [-0.2, -0.15) is 0 Å². The molecule has 1 amide bonds. The first-order valence-electron chi connectivity index (χ1n) is 8.65. The van der Waals surface area contributed by atoms with Gasteiger partial charge in [-0.3, -0.25) is 4.79 Å². The summed E-state index contributed by atoms with van der Waals surface area (Å²) in [5, 5.41) is 0.860. The van der Waals surface area contributed by atoms with Crippen molar-refractivity contribution in [1.29, 1.82) is 0 Å². The van der Waals surface area contributed by atoms with Crippen molar-refractivity contribution in [2.75, 3.05) is 32.6 Å². The van der Waals surface area contributed by atoms with Crippen LogP contribution in [0.5, 0.6) is 5.75 Å². The van der Waals surface area contributed by atoms with Crippen LogP contribution in [0.25, 0.3) is 11.0 Å². The molecule has 3 aromatic rings. The second-order valence-electron chi connectivity index (χ2n) is 6.37. The van der Waals surface area contributed by atoms with Crippen molar-refractivity contribution in [3.05, 3.63) is 59.9 Å². The highest BCUT2D eigenvalue weighted by Crippen LogP contribution is 2.29. The molecule has 0 spiro atoms. The molecule has 26 heavy (non-hydrogen) atoms. The van der Waals surface area contributed by atoms with Crippen molar-refractivity contribution >= 4 is 22.6 Å². The summed E-state index contributed by atoms with van der Waals surface area (Å²) in [5.74, 6) is 0.836. The number of nitrogens with zero attached hydrogens (tertiary/aromatic N) is 2. The van der Waals surface area contributed by atoms with Crippen LogP contribution >= 0.6 is 0 Å². The molecular weight excluding hydrogens is 328 g/mol. The standard InChI is InChI=1S/C21H24N2O3/c1-5-23(14-15-9-11-17(12-10-15)22(2)3)21(24)19-13-16-7-6-8-18(25-4)20(16)26-19/h6-13H,5,14H2,1-4H3. The van der Waals surface area contributed by atoms with Crippen molar-refractivity contribution in [2.24, 2.45) is 0 Å². The predicted molar refractivity (Wildman–Crippen MR) is 104 cm³/mol. The van der Waals surface area contributed by atoms with Crippen LogP contribution < -0.4 is 9.64 Å². The quantitative estimate of drug-likeness (QED) is 0.668. The van der Waals surface area contributed by atoms with E-state index in [-0.39, 0.29) is 5.91 Å². The Labute approximate surface area is 153 Å². The summed E-state index contributed by atoms with van der Waals surface area (Å²) >= 11 is 0. The normalized spacial score (nSPS) is 10.8. The number of methoxy groups -OCH3 is 1. The van der Waals surface area contributed by atoms with Crippen molar-refractivity contribution in [3.8, 4) is 5.75 Å². The number of para-hydroxylation sites is 1. The van der Waals surface area contributed by atoms with E-state index in [2.05, 4.69) is 12.1 Å². The molecular formula is C21H24N2O3. The van der Waals surface area contributed by atoms with Gasteiger partial charge < -0.3 is 19.0 Å². The maximum Gasteiger partial charge on any atom is 0.289 e. The number of carbonyl (C=O) groups is 1. The van der Waals surface area contributed by atoms with Gasteiger partial charge in [0.1, 0.15) is 0 Å². The fraction of sp³-hybridized carbons (Fsp3) is 0.286. The third-order valence-corrected chi connectivity index (χ3v) is 4.43. The zero-order chi connectivity index (χ0) is 18.7. The van der Waals surface area contributed by atoms with E-state index < -0.39 is 0 Å². The number of hydrogen-bond donors (Lipinski definition) is 0. The highest BCUT2D eigenvalue weighted by molar-refractivity contribution is 5.97. The van der Waals surface area contributed by atoms with Crippen LogP contribution in [-0.2, 0) is 6.54 Å². The van der Waals surface area contributed by atoms with Crippen molar-refractivity contribution in [1.82, 2.24) is 4.90 Å². The number of hydrogen-bond acceptors (Lipinski definition) is 4. The van der Waals surface area contributed by atoms with Crippen LogP contribution in [0.3, 0.4) is 0 Å². The molecule has 0 radical (unpaired) electrons. The van der Waals surface area contributed by atoms with E-state index >= 15 is 0 Å². The maximum atomic E-state index is 12.9. The Hall–Kier alpha value is -2.95. The molecule has 0 N–H and O–H groups in total. The first kappa shape index (κ1) is 17.9. The number of ether oxygens (including phenoxy) is 1. The van der Waals surface area contributed by atoms with E-state index in [0.29, 0.717) is 30.2 Å². The lowest BCUT2D eigenvalue weighted by Gasteiger charge is -2.20. The summed E-state index contributed by atoms with van der Waals surface area (Å²) < 4.78 is 11.1. The van der Waals surface area contributed by atoms with Crippen LogP contribution in [0.4, 0.5) is 5.69 Å². The largest absolute Gasteiger partial charge is 0.493 e. The Morgan fingerprint density at radius 3 is 2.46 bits per heavy atom.